The van der Waals surface area contributed by atoms with Gasteiger partial charge in [0.25, 0.3) is 5.91 Å². The minimum absolute atomic E-state index is 0.136. The standard InChI is InChI=1S/C20H20Cl2F3N3O3/c1-6-12-8-15(21)17(16(22)13(12)7-2)31-10-11(3)28(30-5)19(29)14-9-27(4)26-18(14)20(23,24)25/h6-9,11H,1-2,10H2,3-5H3. The Morgan fingerprint density at radius 3 is 2.52 bits per heavy atom. The van der Waals surface area contributed by atoms with Crippen LogP contribution in [0.5, 0.6) is 5.75 Å². The van der Waals surface area contributed by atoms with E-state index in [1.807, 2.05) is 0 Å². The normalized spacial score (nSPS) is 12.4. The van der Waals surface area contributed by atoms with Gasteiger partial charge in [-0.05, 0) is 18.6 Å². The van der Waals surface area contributed by atoms with Crippen molar-refractivity contribution >= 4 is 41.3 Å². The van der Waals surface area contributed by atoms with Crippen LogP contribution in [0, 0.1) is 0 Å². The zero-order valence-corrected chi connectivity index (χ0v) is 18.5. The van der Waals surface area contributed by atoms with Crippen LogP contribution in [-0.4, -0.2) is 40.5 Å². The summed E-state index contributed by atoms with van der Waals surface area (Å²) >= 11 is 12.6. The topological polar surface area (TPSA) is 56.6 Å². The molecule has 0 saturated carbocycles. The third kappa shape index (κ3) is 5.23. The van der Waals surface area contributed by atoms with E-state index in [2.05, 4.69) is 18.3 Å². The number of rotatable bonds is 8. The van der Waals surface area contributed by atoms with E-state index in [9.17, 15) is 18.0 Å². The van der Waals surface area contributed by atoms with Gasteiger partial charge in [-0.2, -0.15) is 18.3 Å². The molecule has 11 heteroatoms. The Bertz CT molecular complexity index is 1010. The summed E-state index contributed by atoms with van der Waals surface area (Å²) < 4.78 is 46.3. The fraction of sp³-hybridized carbons (Fsp3) is 0.300. The maximum absolute atomic E-state index is 13.2. The van der Waals surface area contributed by atoms with Crippen molar-refractivity contribution in [3.8, 4) is 5.75 Å². The first kappa shape index (κ1) is 24.8. The first-order chi connectivity index (χ1) is 14.5. The molecule has 0 fully saturated rings. The molecule has 31 heavy (non-hydrogen) atoms. The fourth-order valence-electron chi connectivity index (χ4n) is 2.85. The molecule has 0 aliphatic heterocycles. The molecule has 0 radical (unpaired) electrons. The molecule has 0 aliphatic carbocycles. The summed E-state index contributed by atoms with van der Waals surface area (Å²) in [6.07, 6.45) is -0.764. The number of aryl methyl sites for hydroxylation is 1. The first-order valence-corrected chi connectivity index (χ1v) is 9.59. The van der Waals surface area contributed by atoms with Crippen LogP contribution >= 0.6 is 23.2 Å². The van der Waals surface area contributed by atoms with Crippen LogP contribution in [0.15, 0.2) is 25.4 Å². The number of amides is 1. The van der Waals surface area contributed by atoms with Crippen LogP contribution in [0.1, 0.15) is 34.1 Å². The van der Waals surface area contributed by atoms with E-state index in [0.717, 1.165) is 23.1 Å². The Labute approximate surface area is 187 Å². The van der Waals surface area contributed by atoms with Gasteiger partial charge in [-0.15, -0.1) is 0 Å². The van der Waals surface area contributed by atoms with Crippen molar-refractivity contribution in [3.63, 3.8) is 0 Å². The highest BCUT2D eigenvalue weighted by Gasteiger charge is 2.40. The predicted molar refractivity (Wildman–Crippen MR) is 113 cm³/mol. The minimum atomic E-state index is -4.81. The predicted octanol–water partition coefficient (Wildman–Crippen LogP) is 5.50. The molecule has 1 amide bonds. The summed E-state index contributed by atoms with van der Waals surface area (Å²) in [7, 11) is 2.44. The first-order valence-electron chi connectivity index (χ1n) is 8.84. The molecule has 0 bridgehead atoms. The Hall–Kier alpha value is -2.49. The van der Waals surface area contributed by atoms with Gasteiger partial charge in [-0.1, -0.05) is 48.5 Å². The third-order valence-electron chi connectivity index (χ3n) is 4.26. The molecule has 2 aromatic rings. The molecule has 0 spiro atoms. The molecule has 6 nitrogen and oxygen atoms in total. The zero-order valence-electron chi connectivity index (χ0n) is 17.0. The van der Waals surface area contributed by atoms with Gasteiger partial charge in [0, 0.05) is 18.8 Å². The monoisotopic (exact) mass is 477 g/mol. The SMILES string of the molecule is C=Cc1cc(Cl)c(OCC(C)N(OC)C(=O)c2cn(C)nc2C(F)(F)F)c(Cl)c1C=C. The summed E-state index contributed by atoms with van der Waals surface area (Å²) in [6, 6.07) is 0.777. The number of benzene rings is 1. The van der Waals surface area contributed by atoms with Crippen molar-refractivity contribution in [3.05, 3.63) is 57.9 Å². The summed E-state index contributed by atoms with van der Waals surface area (Å²) in [5.41, 5.74) is -0.759. The molecule has 2 rings (SSSR count). The maximum atomic E-state index is 13.2. The Kier molecular flexibility index (Phi) is 7.80. The number of hydrogen-bond acceptors (Lipinski definition) is 4. The summed E-state index contributed by atoms with van der Waals surface area (Å²) in [4.78, 5) is 17.8. The third-order valence-corrected chi connectivity index (χ3v) is 4.92. The van der Waals surface area contributed by atoms with Gasteiger partial charge in [-0.25, -0.2) is 5.06 Å². The number of carbonyl (C=O) groups is 1. The molecule has 168 valence electrons. The van der Waals surface area contributed by atoms with Gasteiger partial charge in [0.2, 0.25) is 0 Å². The van der Waals surface area contributed by atoms with Crippen LogP contribution in [0.4, 0.5) is 13.2 Å². The highest BCUT2D eigenvalue weighted by atomic mass is 35.5. The lowest BCUT2D eigenvalue weighted by molar-refractivity contribution is -0.144. The van der Waals surface area contributed by atoms with Crippen LogP contribution in [0.25, 0.3) is 12.2 Å². The number of nitrogens with zero attached hydrogens (tertiary/aromatic N) is 3. The van der Waals surface area contributed by atoms with Gasteiger partial charge in [-0.3, -0.25) is 14.3 Å². The van der Waals surface area contributed by atoms with Gasteiger partial charge in [0.1, 0.15) is 6.61 Å². The number of halogens is 5. The number of carbonyl (C=O) groups excluding carboxylic acids is 1. The lowest BCUT2D eigenvalue weighted by atomic mass is 10.1. The van der Waals surface area contributed by atoms with Crippen molar-refractivity contribution in [2.75, 3.05) is 13.7 Å². The van der Waals surface area contributed by atoms with Crippen LogP contribution < -0.4 is 4.74 Å². The molecular formula is C20H20Cl2F3N3O3. The van der Waals surface area contributed by atoms with Crippen LogP contribution in [0.3, 0.4) is 0 Å². The second-order valence-electron chi connectivity index (χ2n) is 6.45. The van der Waals surface area contributed by atoms with E-state index in [0.29, 0.717) is 11.1 Å². The Morgan fingerprint density at radius 2 is 2.00 bits per heavy atom. The van der Waals surface area contributed by atoms with Crippen molar-refractivity contribution in [1.29, 1.82) is 0 Å². The maximum Gasteiger partial charge on any atom is 0.435 e. The lowest BCUT2D eigenvalue weighted by Crippen LogP contribution is -2.41. The second-order valence-corrected chi connectivity index (χ2v) is 7.23. The molecule has 0 N–H and O–H groups in total. The Balaban J connectivity index is 2.28. The number of hydrogen-bond donors (Lipinski definition) is 0. The average Bonchev–Trinajstić information content (AvgIpc) is 3.10. The fourth-order valence-corrected chi connectivity index (χ4v) is 3.51. The molecule has 0 saturated heterocycles. The van der Waals surface area contributed by atoms with E-state index in [1.165, 1.54) is 20.0 Å². The number of aromatic nitrogens is 2. The van der Waals surface area contributed by atoms with Crippen molar-refractivity contribution < 1.29 is 27.5 Å². The minimum Gasteiger partial charge on any atom is -0.488 e. The molecule has 1 heterocycles. The quantitative estimate of drug-likeness (QED) is 0.470. The molecule has 1 unspecified atom stereocenters. The van der Waals surface area contributed by atoms with Crippen molar-refractivity contribution in [2.45, 2.75) is 19.1 Å². The van der Waals surface area contributed by atoms with E-state index < -0.39 is 29.4 Å². The lowest BCUT2D eigenvalue weighted by Gasteiger charge is -2.27. The number of alkyl halides is 3. The van der Waals surface area contributed by atoms with Gasteiger partial charge in [0.15, 0.2) is 11.4 Å². The van der Waals surface area contributed by atoms with Crippen molar-refractivity contribution in [1.82, 2.24) is 14.8 Å². The highest BCUT2D eigenvalue weighted by molar-refractivity contribution is 6.38. The molecule has 1 atom stereocenters. The van der Waals surface area contributed by atoms with Crippen LogP contribution in [-0.2, 0) is 18.1 Å². The van der Waals surface area contributed by atoms with E-state index >= 15 is 0 Å². The van der Waals surface area contributed by atoms with E-state index in [1.54, 1.807) is 12.1 Å². The second kappa shape index (κ2) is 9.76. The molecule has 1 aromatic carbocycles. The van der Waals surface area contributed by atoms with E-state index in [-0.39, 0.29) is 22.4 Å². The Morgan fingerprint density at radius 1 is 1.35 bits per heavy atom. The number of ether oxygens (including phenoxy) is 1. The smallest absolute Gasteiger partial charge is 0.435 e. The summed E-state index contributed by atoms with van der Waals surface area (Å²) in [6.45, 7) is 8.72. The van der Waals surface area contributed by atoms with Crippen LogP contribution in [0.2, 0.25) is 10.0 Å². The molecule has 1 aromatic heterocycles. The van der Waals surface area contributed by atoms with Gasteiger partial charge in [0.05, 0.1) is 28.8 Å². The van der Waals surface area contributed by atoms with E-state index in [4.69, 9.17) is 32.8 Å². The average molecular weight is 478 g/mol. The van der Waals surface area contributed by atoms with Gasteiger partial charge < -0.3 is 4.74 Å². The summed E-state index contributed by atoms with van der Waals surface area (Å²) in [5, 5.41) is 4.48. The molecular weight excluding hydrogens is 458 g/mol. The summed E-state index contributed by atoms with van der Waals surface area (Å²) in [5.74, 6) is -0.887. The largest absolute Gasteiger partial charge is 0.488 e. The zero-order chi connectivity index (χ0) is 23.5. The highest BCUT2D eigenvalue weighted by Crippen LogP contribution is 2.39. The molecule has 0 aliphatic rings. The van der Waals surface area contributed by atoms with Gasteiger partial charge >= 0.3 is 6.18 Å². The number of hydroxylamine groups is 2. The van der Waals surface area contributed by atoms with Crippen molar-refractivity contribution in [2.24, 2.45) is 7.05 Å².